The summed E-state index contributed by atoms with van der Waals surface area (Å²) in [5.74, 6) is 0.284. The van der Waals surface area contributed by atoms with Crippen molar-refractivity contribution in [1.82, 2.24) is 16.0 Å². The molecule has 3 N–H and O–H groups in total. The molecule has 0 bridgehead atoms. The first-order valence-electron chi connectivity index (χ1n) is 7.88. The van der Waals surface area contributed by atoms with Crippen molar-refractivity contribution in [1.29, 1.82) is 0 Å². The van der Waals surface area contributed by atoms with Gasteiger partial charge in [0.25, 0.3) is 0 Å². The summed E-state index contributed by atoms with van der Waals surface area (Å²) in [5.41, 5.74) is 0.950. The predicted molar refractivity (Wildman–Crippen MR) is 86.2 cm³/mol. The minimum Gasteiger partial charge on any atom is -0.353 e. The highest BCUT2D eigenvalue weighted by molar-refractivity contribution is 5.79. The number of hydrogen-bond acceptors (Lipinski definition) is 3. The zero-order valence-electron chi connectivity index (χ0n) is 13.3. The van der Waals surface area contributed by atoms with Crippen LogP contribution < -0.4 is 16.0 Å². The highest BCUT2D eigenvalue weighted by Gasteiger charge is 2.24. The molecule has 0 radical (unpaired) electrons. The van der Waals surface area contributed by atoms with Gasteiger partial charge in [-0.15, -0.1) is 0 Å². The number of carbonyl (C=O) groups is 2. The Labute approximate surface area is 131 Å². The molecule has 22 heavy (non-hydrogen) atoms. The fraction of sp³-hybridized carbons (Fsp3) is 0.529. The smallest absolute Gasteiger partial charge is 0.222 e. The van der Waals surface area contributed by atoms with Crippen molar-refractivity contribution in [3.8, 4) is 0 Å². The van der Waals surface area contributed by atoms with Crippen LogP contribution in [0.15, 0.2) is 30.3 Å². The lowest BCUT2D eigenvalue weighted by Gasteiger charge is -2.30. The quantitative estimate of drug-likeness (QED) is 0.769. The van der Waals surface area contributed by atoms with E-state index < -0.39 is 0 Å². The molecule has 1 aromatic rings. The number of hydrogen-bond donors (Lipinski definition) is 3. The molecule has 0 saturated carbocycles. The summed E-state index contributed by atoms with van der Waals surface area (Å²) >= 11 is 0. The van der Waals surface area contributed by atoms with Gasteiger partial charge in [0.1, 0.15) is 0 Å². The Morgan fingerprint density at radius 1 is 1.32 bits per heavy atom. The van der Waals surface area contributed by atoms with E-state index in [4.69, 9.17) is 0 Å². The van der Waals surface area contributed by atoms with Crippen LogP contribution in [0.4, 0.5) is 0 Å². The topological polar surface area (TPSA) is 70.2 Å². The van der Waals surface area contributed by atoms with E-state index in [1.54, 1.807) is 0 Å². The Bertz CT molecular complexity index is 504. The molecule has 1 fully saturated rings. The number of amides is 2. The van der Waals surface area contributed by atoms with Crippen LogP contribution in [0.1, 0.15) is 38.3 Å². The summed E-state index contributed by atoms with van der Waals surface area (Å²) in [7, 11) is 0. The minimum absolute atomic E-state index is 0.0126. The lowest BCUT2D eigenvalue weighted by atomic mass is 9.94. The van der Waals surface area contributed by atoms with Crippen LogP contribution in [-0.2, 0) is 9.59 Å². The molecule has 1 aliphatic rings. The van der Waals surface area contributed by atoms with Gasteiger partial charge in [0.05, 0.1) is 12.5 Å². The lowest BCUT2D eigenvalue weighted by Crippen LogP contribution is -2.49. The molecule has 5 heteroatoms. The second-order valence-corrected chi connectivity index (χ2v) is 6.01. The molecule has 120 valence electrons. The monoisotopic (exact) mass is 303 g/mol. The van der Waals surface area contributed by atoms with Crippen molar-refractivity contribution in [2.45, 2.75) is 38.8 Å². The van der Waals surface area contributed by atoms with Crippen LogP contribution in [0, 0.1) is 5.92 Å². The standard InChI is InChI=1S/C17H25N3O2/c1-12-11-18-9-8-15(12)20-17(22)10-16(19-13(2)21)14-6-4-3-5-7-14/h3-7,12,15-16,18H,8-11H2,1-2H3,(H,19,21)(H,20,22). The van der Waals surface area contributed by atoms with E-state index in [-0.39, 0.29) is 30.3 Å². The Morgan fingerprint density at radius 2 is 2.05 bits per heavy atom. The molecule has 1 heterocycles. The molecule has 0 aliphatic carbocycles. The molecular formula is C17H25N3O2. The van der Waals surface area contributed by atoms with Crippen molar-refractivity contribution in [2.24, 2.45) is 5.92 Å². The summed E-state index contributed by atoms with van der Waals surface area (Å²) in [4.78, 5) is 23.7. The molecule has 2 amide bonds. The lowest BCUT2D eigenvalue weighted by molar-refractivity contribution is -0.123. The molecule has 1 aromatic carbocycles. The van der Waals surface area contributed by atoms with Crippen LogP contribution in [0.25, 0.3) is 0 Å². The summed E-state index contributed by atoms with van der Waals surface area (Å²) in [6, 6.07) is 9.54. The maximum atomic E-state index is 12.3. The average Bonchev–Trinajstić information content (AvgIpc) is 2.49. The maximum absolute atomic E-state index is 12.3. The Balaban J connectivity index is 1.97. The van der Waals surface area contributed by atoms with Gasteiger partial charge in [0, 0.05) is 13.0 Å². The predicted octanol–water partition coefficient (Wildman–Crippen LogP) is 1.37. The van der Waals surface area contributed by atoms with Gasteiger partial charge in [-0.1, -0.05) is 37.3 Å². The highest BCUT2D eigenvalue weighted by atomic mass is 16.2. The minimum atomic E-state index is -0.282. The molecule has 3 unspecified atom stereocenters. The molecule has 5 nitrogen and oxygen atoms in total. The molecule has 0 spiro atoms. The summed E-state index contributed by atoms with van der Waals surface area (Å²) in [6.45, 7) is 5.48. The number of rotatable bonds is 5. The van der Waals surface area contributed by atoms with E-state index in [2.05, 4.69) is 22.9 Å². The first kappa shape index (κ1) is 16.5. The number of piperidine rings is 1. The van der Waals surface area contributed by atoms with E-state index in [9.17, 15) is 9.59 Å². The van der Waals surface area contributed by atoms with Crippen molar-refractivity contribution in [3.05, 3.63) is 35.9 Å². The number of carbonyl (C=O) groups excluding carboxylic acids is 2. The Morgan fingerprint density at radius 3 is 2.68 bits per heavy atom. The van der Waals surface area contributed by atoms with Crippen molar-refractivity contribution >= 4 is 11.8 Å². The maximum Gasteiger partial charge on any atom is 0.222 e. The van der Waals surface area contributed by atoms with Gasteiger partial charge in [0.2, 0.25) is 11.8 Å². The first-order chi connectivity index (χ1) is 10.6. The zero-order valence-corrected chi connectivity index (χ0v) is 13.3. The molecule has 1 aliphatic heterocycles. The Kier molecular flexibility index (Phi) is 5.95. The summed E-state index contributed by atoms with van der Waals surface area (Å²) in [5, 5.41) is 9.30. The van der Waals surface area contributed by atoms with E-state index in [0.29, 0.717) is 5.92 Å². The van der Waals surface area contributed by atoms with Crippen LogP contribution in [0.3, 0.4) is 0 Å². The normalized spacial score (nSPS) is 22.6. The third kappa shape index (κ3) is 4.84. The summed E-state index contributed by atoms with van der Waals surface area (Å²) < 4.78 is 0. The van der Waals surface area contributed by atoms with E-state index in [1.165, 1.54) is 6.92 Å². The highest BCUT2D eigenvalue weighted by Crippen LogP contribution is 2.17. The van der Waals surface area contributed by atoms with Gasteiger partial charge < -0.3 is 16.0 Å². The molecule has 3 atom stereocenters. The van der Waals surface area contributed by atoms with Crippen LogP contribution in [0.2, 0.25) is 0 Å². The van der Waals surface area contributed by atoms with Crippen molar-refractivity contribution < 1.29 is 9.59 Å². The van der Waals surface area contributed by atoms with Gasteiger partial charge in [-0.2, -0.15) is 0 Å². The second-order valence-electron chi connectivity index (χ2n) is 6.01. The fourth-order valence-corrected chi connectivity index (χ4v) is 2.86. The summed E-state index contributed by atoms with van der Waals surface area (Å²) in [6.07, 6.45) is 1.21. The van der Waals surface area contributed by atoms with Crippen LogP contribution in [-0.4, -0.2) is 30.9 Å². The van der Waals surface area contributed by atoms with Gasteiger partial charge in [-0.05, 0) is 31.0 Å². The zero-order chi connectivity index (χ0) is 15.9. The van der Waals surface area contributed by atoms with E-state index in [0.717, 1.165) is 25.1 Å². The number of nitrogens with one attached hydrogen (secondary N) is 3. The molecule has 0 aromatic heterocycles. The van der Waals surface area contributed by atoms with Crippen LogP contribution in [0.5, 0.6) is 0 Å². The Hall–Kier alpha value is -1.88. The van der Waals surface area contributed by atoms with Gasteiger partial charge in [-0.3, -0.25) is 9.59 Å². The third-order valence-corrected chi connectivity index (χ3v) is 4.10. The average molecular weight is 303 g/mol. The number of benzene rings is 1. The van der Waals surface area contributed by atoms with Gasteiger partial charge in [0.15, 0.2) is 0 Å². The SMILES string of the molecule is CC(=O)NC(CC(=O)NC1CCNCC1C)c1ccccc1. The fourth-order valence-electron chi connectivity index (χ4n) is 2.86. The second kappa shape index (κ2) is 7.94. The first-order valence-corrected chi connectivity index (χ1v) is 7.88. The van der Waals surface area contributed by atoms with Gasteiger partial charge >= 0.3 is 0 Å². The van der Waals surface area contributed by atoms with Crippen molar-refractivity contribution in [2.75, 3.05) is 13.1 Å². The molecular weight excluding hydrogens is 278 g/mol. The van der Waals surface area contributed by atoms with Crippen molar-refractivity contribution in [3.63, 3.8) is 0 Å². The van der Waals surface area contributed by atoms with E-state index >= 15 is 0 Å². The van der Waals surface area contributed by atoms with Crippen LogP contribution >= 0.6 is 0 Å². The molecule has 1 saturated heterocycles. The van der Waals surface area contributed by atoms with Gasteiger partial charge in [-0.25, -0.2) is 0 Å². The molecule has 2 rings (SSSR count). The third-order valence-electron chi connectivity index (χ3n) is 4.10. The largest absolute Gasteiger partial charge is 0.353 e. The van der Waals surface area contributed by atoms with E-state index in [1.807, 2.05) is 30.3 Å².